The molecule has 0 aromatic carbocycles. The second kappa shape index (κ2) is 11.9. The van der Waals surface area contributed by atoms with Gasteiger partial charge in [-0.2, -0.15) is 21.6 Å². The van der Waals surface area contributed by atoms with Gasteiger partial charge in [0, 0.05) is 31.4 Å². The standard InChI is InChI=1S/C31H40F3N7O4S/c1-29(2)19-21-7-5-16-35-23-8-4-9-26(39(23)3)46(43,44)38-28(42)22-10-11-24(36-27(22)40(29)20-21)41-17-12-25(37-41)45-18-6-13-30(14-15-30)31(32,33)34/h4,8-12,17,21,23,35H,5-7,13-16,18-20H2,1-3H3,(H,38,42)/t21-,23?/m0/s1. The van der Waals surface area contributed by atoms with Crippen LogP contribution in [0.2, 0.25) is 0 Å². The molecule has 3 aliphatic heterocycles. The highest BCUT2D eigenvalue weighted by Gasteiger charge is 2.62. The molecule has 4 aliphatic rings. The number of carbonyl (C=O) groups excluding carboxylic acids is 1. The molecule has 6 rings (SSSR count). The Kier molecular flexibility index (Phi) is 8.36. The molecule has 1 amide bonds. The summed E-state index contributed by atoms with van der Waals surface area (Å²) < 4.78 is 76.0. The SMILES string of the molecule is CN1C2=CC=CC1NCCC[C@@H]1CN(c3nc(-n4ccc(OCCCC5(C(F)(F)F)CC5)n4)ccc3C(=O)NS2(=O)=O)C(C)(C)C1. The normalized spacial score (nSPS) is 25.2. The van der Waals surface area contributed by atoms with E-state index < -0.39 is 27.5 Å². The Hall–Kier alpha value is -3.59. The van der Waals surface area contributed by atoms with E-state index in [1.54, 1.807) is 42.4 Å². The van der Waals surface area contributed by atoms with Gasteiger partial charge in [0.05, 0.1) is 23.8 Å². The Balaban J connectivity index is 1.26. The van der Waals surface area contributed by atoms with Crippen molar-refractivity contribution in [3.8, 4) is 11.7 Å². The van der Waals surface area contributed by atoms with Gasteiger partial charge in [-0.25, -0.2) is 14.4 Å². The molecule has 5 heterocycles. The minimum atomic E-state index is -4.23. The second-order valence-electron chi connectivity index (χ2n) is 13.3. The number of aromatic nitrogens is 3. The number of nitrogens with one attached hydrogen (secondary N) is 2. The summed E-state index contributed by atoms with van der Waals surface area (Å²) >= 11 is 0. The molecule has 0 radical (unpaired) electrons. The van der Waals surface area contributed by atoms with Gasteiger partial charge in [0.15, 0.2) is 10.8 Å². The van der Waals surface area contributed by atoms with Crippen LogP contribution in [-0.4, -0.2) is 78.6 Å². The van der Waals surface area contributed by atoms with Gasteiger partial charge in [0.2, 0.25) is 5.88 Å². The molecule has 15 heteroatoms. The first kappa shape index (κ1) is 32.4. The van der Waals surface area contributed by atoms with Crippen LogP contribution in [0.3, 0.4) is 0 Å². The Morgan fingerprint density at radius 2 is 1.96 bits per heavy atom. The molecule has 250 valence electrons. The van der Waals surface area contributed by atoms with E-state index in [2.05, 4.69) is 33.9 Å². The monoisotopic (exact) mass is 663 g/mol. The highest BCUT2D eigenvalue weighted by Crippen LogP contribution is 2.60. The van der Waals surface area contributed by atoms with Crippen molar-refractivity contribution < 1.29 is 31.1 Å². The van der Waals surface area contributed by atoms with Crippen LogP contribution in [0.1, 0.15) is 69.2 Å². The van der Waals surface area contributed by atoms with Crippen LogP contribution < -0.4 is 19.7 Å². The molecule has 1 saturated carbocycles. The van der Waals surface area contributed by atoms with Crippen molar-refractivity contribution in [2.45, 2.75) is 76.7 Å². The number of anilines is 1. The zero-order valence-corrected chi connectivity index (χ0v) is 27.0. The number of pyridine rings is 1. The Morgan fingerprint density at radius 1 is 1.17 bits per heavy atom. The molecule has 46 heavy (non-hydrogen) atoms. The predicted octanol–water partition coefficient (Wildman–Crippen LogP) is 4.49. The van der Waals surface area contributed by atoms with Crippen molar-refractivity contribution >= 4 is 21.7 Å². The van der Waals surface area contributed by atoms with Gasteiger partial charge < -0.3 is 14.5 Å². The summed E-state index contributed by atoms with van der Waals surface area (Å²) in [6.45, 7) is 5.60. The maximum absolute atomic E-state index is 13.7. The Morgan fingerprint density at radius 3 is 2.70 bits per heavy atom. The molecule has 1 saturated heterocycles. The van der Waals surface area contributed by atoms with Crippen LogP contribution in [-0.2, 0) is 10.0 Å². The van der Waals surface area contributed by atoms with Gasteiger partial charge >= 0.3 is 6.18 Å². The third kappa shape index (κ3) is 6.35. The number of hydrogen-bond donors (Lipinski definition) is 2. The third-order valence-corrected chi connectivity index (χ3v) is 11.0. The molecule has 11 nitrogen and oxygen atoms in total. The number of nitrogens with zero attached hydrogens (tertiary/aromatic N) is 5. The summed E-state index contributed by atoms with van der Waals surface area (Å²) in [5, 5.41) is 7.79. The number of allylic oxidation sites excluding steroid dienone is 2. The summed E-state index contributed by atoms with van der Waals surface area (Å²) in [6, 6.07) is 4.72. The van der Waals surface area contributed by atoms with E-state index in [9.17, 15) is 26.4 Å². The van der Waals surface area contributed by atoms with Crippen molar-refractivity contribution in [2.24, 2.45) is 11.3 Å². The van der Waals surface area contributed by atoms with Crippen molar-refractivity contribution in [1.29, 1.82) is 0 Å². The topological polar surface area (TPSA) is 122 Å². The molecule has 4 bridgehead atoms. The minimum Gasteiger partial charge on any atom is -0.477 e. The summed E-state index contributed by atoms with van der Waals surface area (Å²) in [6.07, 6.45) is 5.42. The average molecular weight is 664 g/mol. The fraction of sp³-hybridized carbons (Fsp3) is 0.581. The fourth-order valence-corrected chi connectivity index (χ4v) is 8.02. The minimum absolute atomic E-state index is 0.0232. The zero-order chi connectivity index (χ0) is 32.9. The first-order valence-electron chi connectivity index (χ1n) is 15.7. The van der Waals surface area contributed by atoms with Gasteiger partial charge in [-0.15, -0.1) is 5.10 Å². The van der Waals surface area contributed by atoms with Crippen molar-refractivity contribution in [1.82, 2.24) is 29.7 Å². The number of likely N-dealkylation sites (N-methyl/N-ethyl adjacent to an activating group) is 1. The lowest BCUT2D eigenvalue weighted by Crippen LogP contribution is -2.47. The predicted molar refractivity (Wildman–Crippen MR) is 166 cm³/mol. The maximum atomic E-state index is 13.7. The first-order chi connectivity index (χ1) is 21.7. The number of fused-ring (bicyclic) bond motifs is 6. The van der Waals surface area contributed by atoms with Gasteiger partial charge in [0.25, 0.3) is 15.9 Å². The number of halogens is 3. The molecule has 2 aromatic rings. The van der Waals surface area contributed by atoms with Gasteiger partial charge in [-0.05, 0) is 95.5 Å². The molecule has 2 atom stereocenters. The molecule has 1 aliphatic carbocycles. The van der Waals surface area contributed by atoms with Gasteiger partial charge in [-0.1, -0.05) is 6.08 Å². The van der Waals surface area contributed by atoms with Crippen molar-refractivity contribution in [3.05, 3.63) is 53.2 Å². The van der Waals surface area contributed by atoms with E-state index in [0.29, 0.717) is 30.6 Å². The van der Waals surface area contributed by atoms with Crippen LogP contribution in [0.4, 0.5) is 19.0 Å². The van der Waals surface area contributed by atoms with E-state index in [1.165, 1.54) is 10.8 Å². The average Bonchev–Trinajstić information content (AvgIpc) is 3.54. The van der Waals surface area contributed by atoms with Crippen LogP contribution in [0.5, 0.6) is 5.88 Å². The number of alkyl halides is 3. The zero-order valence-electron chi connectivity index (χ0n) is 26.2. The summed E-state index contributed by atoms with van der Waals surface area (Å²) in [7, 11) is -2.56. The molecule has 2 N–H and O–H groups in total. The first-order valence-corrected chi connectivity index (χ1v) is 17.1. The lowest BCUT2D eigenvalue weighted by Gasteiger charge is -2.34. The molecule has 1 unspecified atom stereocenters. The van der Waals surface area contributed by atoms with Crippen molar-refractivity contribution in [2.75, 3.05) is 31.6 Å². The number of rotatable bonds is 6. The van der Waals surface area contributed by atoms with E-state index in [4.69, 9.17) is 9.72 Å². The molecular formula is C31H40F3N7O4S. The number of ether oxygens (including phenoxy) is 1. The molecular weight excluding hydrogens is 623 g/mol. The molecule has 2 fully saturated rings. The van der Waals surface area contributed by atoms with Gasteiger partial charge in [0.1, 0.15) is 5.82 Å². The highest BCUT2D eigenvalue weighted by molar-refractivity contribution is 7.93. The molecule has 2 aromatic heterocycles. The summed E-state index contributed by atoms with van der Waals surface area (Å²) in [5.41, 5.74) is -1.83. The number of amides is 1. The maximum Gasteiger partial charge on any atom is 0.394 e. The number of sulfonamides is 1. The fourth-order valence-electron chi connectivity index (χ4n) is 6.81. The second-order valence-corrected chi connectivity index (χ2v) is 15.0. The van der Waals surface area contributed by atoms with E-state index in [0.717, 1.165) is 19.3 Å². The van der Waals surface area contributed by atoms with Gasteiger partial charge in [-0.3, -0.25) is 10.1 Å². The quantitative estimate of drug-likeness (QED) is 0.431. The van der Waals surface area contributed by atoms with E-state index in [-0.39, 0.29) is 60.5 Å². The smallest absolute Gasteiger partial charge is 0.394 e. The molecule has 0 spiro atoms. The lowest BCUT2D eigenvalue weighted by molar-refractivity contribution is -0.189. The van der Waals surface area contributed by atoms with E-state index in [1.807, 2.05) is 6.08 Å². The van der Waals surface area contributed by atoms with Crippen LogP contribution in [0.25, 0.3) is 5.82 Å². The Bertz CT molecular complexity index is 1650. The lowest BCUT2D eigenvalue weighted by atomic mass is 9.93. The van der Waals surface area contributed by atoms with Crippen LogP contribution in [0, 0.1) is 11.3 Å². The third-order valence-electron chi connectivity index (χ3n) is 9.57. The number of carbonyl (C=O) groups is 1. The summed E-state index contributed by atoms with van der Waals surface area (Å²) in [4.78, 5) is 22.2. The van der Waals surface area contributed by atoms with Crippen molar-refractivity contribution in [3.63, 3.8) is 0 Å². The van der Waals surface area contributed by atoms with Crippen LogP contribution in [0.15, 0.2) is 47.7 Å². The highest BCUT2D eigenvalue weighted by atomic mass is 32.2. The summed E-state index contributed by atoms with van der Waals surface area (Å²) in [5.74, 6) is 0.495. The number of hydrogen-bond acceptors (Lipinski definition) is 9. The largest absolute Gasteiger partial charge is 0.477 e. The van der Waals surface area contributed by atoms with Crippen LogP contribution >= 0.6 is 0 Å². The Labute approximate surface area is 266 Å². The van der Waals surface area contributed by atoms with E-state index >= 15 is 0 Å².